The number of aromatic nitrogens is 2. The number of rotatable bonds is 6. The van der Waals surface area contributed by atoms with E-state index in [-0.39, 0.29) is 0 Å². The summed E-state index contributed by atoms with van der Waals surface area (Å²) in [5.41, 5.74) is 3.57. The Morgan fingerprint density at radius 3 is 2.79 bits per heavy atom. The van der Waals surface area contributed by atoms with Crippen molar-refractivity contribution in [2.24, 2.45) is 0 Å². The first-order valence-electron chi connectivity index (χ1n) is 6.55. The first-order chi connectivity index (χ1) is 9.20. The molecule has 1 heterocycles. The Morgan fingerprint density at radius 2 is 2.11 bits per heavy atom. The van der Waals surface area contributed by atoms with E-state index in [1.54, 1.807) is 7.11 Å². The zero-order valence-corrected chi connectivity index (χ0v) is 11.7. The van der Waals surface area contributed by atoms with Gasteiger partial charge in [-0.2, -0.15) is 5.10 Å². The van der Waals surface area contributed by atoms with E-state index in [9.17, 15) is 0 Å². The second-order valence-corrected chi connectivity index (χ2v) is 4.82. The van der Waals surface area contributed by atoms with Crippen LogP contribution >= 0.6 is 0 Å². The van der Waals surface area contributed by atoms with E-state index in [2.05, 4.69) is 28.5 Å². The summed E-state index contributed by atoms with van der Waals surface area (Å²) in [7, 11) is 1.71. The number of aryl methyl sites for hydroxylation is 1. The van der Waals surface area contributed by atoms with Crippen molar-refractivity contribution in [2.75, 3.05) is 7.11 Å². The van der Waals surface area contributed by atoms with Crippen LogP contribution in [0.25, 0.3) is 0 Å². The molecule has 2 N–H and O–H groups in total. The molecule has 0 saturated heterocycles. The molecule has 2 aromatic rings. The molecule has 102 valence electrons. The molecular weight excluding hydrogens is 238 g/mol. The molecule has 0 aliphatic carbocycles. The fourth-order valence-electron chi connectivity index (χ4n) is 2.11. The van der Waals surface area contributed by atoms with Crippen LogP contribution in [-0.2, 0) is 13.0 Å². The van der Waals surface area contributed by atoms with Crippen LogP contribution in [0, 0.1) is 6.92 Å². The SMILES string of the molecule is COc1ccccc1CC(C)NCc1cn[nH]c1C. The van der Waals surface area contributed by atoms with Crippen molar-refractivity contribution >= 4 is 0 Å². The molecule has 0 bridgehead atoms. The average molecular weight is 259 g/mol. The molecule has 19 heavy (non-hydrogen) atoms. The lowest BCUT2D eigenvalue weighted by Gasteiger charge is -2.15. The van der Waals surface area contributed by atoms with Crippen LogP contribution in [0.4, 0.5) is 0 Å². The minimum absolute atomic E-state index is 0.380. The zero-order valence-electron chi connectivity index (χ0n) is 11.7. The third-order valence-electron chi connectivity index (χ3n) is 3.29. The summed E-state index contributed by atoms with van der Waals surface area (Å²) in [6.45, 7) is 5.05. The van der Waals surface area contributed by atoms with Crippen LogP contribution in [0.5, 0.6) is 5.75 Å². The van der Waals surface area contributed by atoms with Crippen molar-refractivity contribution in [1.82, 2.24) is 15.5 Å². The van der Waals surface area contributed by atoms with Gasteiger partial charge in [-0.3, -0.25) is 5.10 Å². The van der Waals surface area contributed by atoms with Gasteiger partial charge >= 0.3 is 0 Å². The van der Waals surface area contributed by atoms with Crippen molar-refractivity contribution in [1.29, 1.82) is 0 Å². The highest BCUT2D eigenvalue weighted by atomic mass is 16.5. The number of methoxy groups -OCH3 is 1. The topological polar surface area (TPSA) is 49.9 Å². The molecule has 2 rings (SSSR count). The van der Waals surface area contributed by atoms with E-state index in [0.29, 0.717) is 6.04 Å². The fraction of sp³-hybridized carbons (Fsp3) is 0.400. The Hall–Kier alpha value is -1.81. The van der Waals surface area contributed by atoms with Gasteiger partial charge in [-0.25, -0.2) is 0 Å². The quantitative estimate of drug-likeness (QED) is 0.837. The van der Waals surface area contributed by atoms with Crippen molar-refractivity contribution in [3.63, 3.8) is 0 Å². The summed E-state index contributed by atoms with van der Waals surface area (Å²) in [5.74, 6) is 0.954. The summed E-state index contributed by atoms with van der Waals surface area (Å²) in [4.78, 5) is 0. The van der Waals surface area contributed by atoms with Crippen LogP contribution in [0.3, 0.4) is 0 Å². The van der Waals surface area contributed by atoms with Gasteiger partial charge in [-0.05, 0) is 31.9 Å². The average Bonchev–Trinajstić information content (AvgIpc) is 2.82. The molecule has 4 heteroatoms. The number of hydrogen-bond donors (Lipinski definition) is 2. The number of ether oxygens (including phenoxy) is 1. The first-order valence-corrected chi connectivity index (χ1v) is 6.55. The molecule has 1 unspecified atom stereocenters. The number of aromatic amines is 1. The van der Waals surface area contributed by atoms with Gasteiger partial charge in [-0.15, -0.1) is 0 Å². The lowest BCUT2D eigenvalue weighted by molar-refractivity contribution is 0.406. The Kier molecular flexibility index (Phi) is 4.58. The van der Waals surface area contributed by atoms with Gasteiger partial charge in [0.25, 0.3) is 0 Å². The second-order valence-electron chi connectivity index (χ2n) is 4.82. The van der Waals surface area contributed by atoms with Crippen molar-refractivity contribution in [3.8, 4) is 5.75 Å². The van der Waals surface area contributed by atoms with Crippen LogP contribution in [-0.4, -0.2) is 23.3 Å². The smallest absolute Gasteiger partial charge is 0.122 e. The molecule has 1 aromatic heterocycles. The predicted octanol–water partition coefficient (Wildman–Crippen LogP) is 2.45. The third kappa shape index (κ3) is 3.58. The molecule has 0 aliphatic rings. The first kappa shape index (κ1) is 13.6. The number of nitrogens with one attached hydrogen (secondary N) is 2. The van der Waals surface area contributed by atoms with Gasteiger partial charge in [0.05, 0.1) is 13.3 Å². The van der Waals surface area contributed by atoms with Gasteiger partial charge in [-0.1, -0.05) is 18.2 Å². The van der Waals surface area contributed by atoms with Crippen LogP contribution in [0.1, 0.15) is 23.7 Å². The predicted molar refractivity (Wildman–Crippen MR) is 76.3 cm³/mol. The standard InChI is InChI=1S/C15H21N3O/c1-11(16-9-14-10-17-18-12(14)2)8-13-6-4-5-7-15(13)19-3/h4-7,10-11,16H,8-9H2,1-3H3,(H,17,18). The minimum atomic E-state index is 0.380. The number of para-hydroxylation sites is 1. The molecule has 0 aliphatic heterocycles. The summed E-state index contributed by atoms with van der Waals surface area (Å²) in [6.07, 6.45) is 2.82. The Bertz CT molecular complexity index is 522. The van der Waals surface area contributed by atoms with Crippen LogP contribution in [0.2, 0.25) is 0 Å². The van der Waals surface area contributed by atoms with E-state index in [0.717, 1.165) is 24.4 Å². The number of H-pyrrole nitrogens is 1. The van der Waals surface area contributed by atoms with E-state index >= 15 is 0 Å². The number of hydrogen-bond acceptors (Lipinski definition) is 3. The highest BCUT2D eigenvalue weighted by Gasteiger charge is 2.08. The van der Waals surface area contributed by atoms with E-state index in [1.807, 2.05) is 31.3 Å². The number of nitrogens with zero attached hydrogens (tertiary/aromatic N) is 1. The molecule has 1 aromatic carbocycles. The third-order valence-corrected chi connectivity index (χ3v) is 3.29. The molecule has 4 nitrogen and oxygen atoms in total. The molecule has 0 spiro atoms. The maximum absolute atomic E-state index is 5.37. The van der Waals surface area contributed by atoms with Crippen LogP contribution in [0.15, 0.2) is 30.5 Å². The summed E-state index contributed by atoms with van der Waals surface area (Å²) >= 11 is 0. The van der Waals surface area contributed by atoms with Gasteiger partial charge in [0.2, 0.25) is 0 Å². The van der Waals surface area contributed by atoms with Crippen molar-refractivity contribution in [3.05, 3.63) is 47.3 Å². The minimum Gasteiger partial charge on any atom is -0.496 e. The van der Waals surface area contributed by atoms with Gasteiger partial charge in [0.1, 0.15) is 5.75 Å². The van der Waals surface area contributed by atoms with Gasteiger partial charge in [0, 0.05) is 23.8 Å². The fourth-order valence-corrected chi connectivity index (χ4v) is 2.11. The van der Waals surface area contributed by atoms with Crippen molar-refractivity contribution in [2.45, 2.75) is 32.9 Å². The largest absolute Gasteiger partial charge is 0.496 e. The molecular formula is C15H21N3O. The monoisotopic (exact) mass is 259 g/mol. The second kappa shape index (κ2) is 6.38. The molecule has 0 saturated carbocycles. The van der Waals surface area contributed by atoms with Gasteiger partial charge < -0.3 is 10.1 Å². The summed E-state index contributed by atoms with van der Waals surface area (Å²) in [5, 5.41) is 10.5. The van der Waals surface area contributed by atoms with Crippen LogP contribution < -0.4 is 10.1 Å². The molecule has 0 radical (unpaired) electrons. The maximum Gasteiger partial charge on any atom is 0.122 e. The lowest BCUT2D eigenvalue weighted by atomic mass is 10.1. The van der Waals surface area contributed by atoms with Gasteiger partial charge in [0.15, 0.2) is 0 Å². The zero-order chi connectivity index (χ0) is 13.7. The van der Waals surface area contributed by atoms with E-state index in [4.69, 9.17) is 4.74 Å². The molecule has 1 atom stereocenters. The summed E-state index contributed by atoms with van der Waals surface area (Å²) < 4.78 is 5.37. The Balaban J connectivity index is 1.90. The molecule has 0 amide bonds. The van der Waals surface area contributed by atoms with E-state index in [1.165, 1.54) is 11.1 Å². The lowest BCUT2D eigenvalue weighted by Crippen LogP contribution is -2.27. The highest BCUT2D eigenvalue weighted by molar-refractivity contribution is 5.33. The highest BCUT2D eigenvalue weighted by Crippen LogP contribution is 2.18. The van der Waals surface area contributed by atoms with E-state index < -0.39 is 0 Å². The van der Waals surface area contributed by atoms with Crippen molar-refractivity contribution < 1.29 is 4.74 Å². The number of benzene rings is 1. The normalized spacial score (nSPS) is 12.4. The molecule has 0 fully saturated rings. The Morgan fingerprint density at radius 1 is 1.32 bits per heavy atom. The maximum atomic E-state index is 5.37. The summed E-state index contributed by atoms with van der Waals surface area (Å²) in [6, 6.07) is 8.54. The Labute approximate surface area is 114 Å².